The minimum absolute atomic E-state index is 0.0943. The molecule has 2 fully saturated rings. The minimum Gasteiger partial charge on any atom is -0.374 e. The summed E-state index contributed by atoms with van der Waals surface area (Å²) in [6.45, 7) is 2.29. The van der Waals surface area contributed by atoms with Gasteiger partial charge in [-0.3, -0.25) is 0 Å². The number of pyridine rings is 1. The van der Waals surface area contributed by atoms with Gasteiger partial charge in [0, 0.05) is 50.9 Å². The van der Waals surface area contributed by atoms with Gasteiger partial charge in [-0.05, 0) is 53.9 Å². The number of aromatic nitrogens is 1. The molecule has 2 unspecified atom stereocenters. The average Bonchev–Trinajstić information content (AvgIpc) is 3.22. The van der Waals surface area contributed by atoms with Crippen LogP contribution in [0, 0.1) is 0 Å². The highest BCUT2D eigenvalue weighted by Gasteiger charge is 2.31. The zero-order valence-electron chi connectivity index (χ0n) is 19.9. The van der Waals surface area contributed by atoms with Gasteiger partial charge < -0.3 is 20.6 Å². The summed E-state index contributed by atoms with van der Waals surface area (Å²) >= 11 is 6.32. The van der Waals surface area contributed by atoms with Crippen LogP contribution in [-0.2, 0) is 16.4 Å². The standard InChI is InChI=1S/C26H30ClN5O3S/c27-24-15-20(14-19-4-2-1-3-5-19)16-25(29-24)30-10-12-31(13-11-30)36(34,35)23-8-6-22(7-9-23)32-18-21(28)17-26(32)33/h1-9,15-16,21,26,33H,10-14,17-18,28H2. The molecule has 0 aliphatic carbocycles. The third-order valence-electron chi connectivity index (χ3n) is 6.76. The summed E-state index contributed by atoms with van der Waals surface area (Å²) in [5.74, 6) is 0.761. The maximum atomic E-state index is 13.3. The lowest BCUT2D eigenvalue weighted by molar-refractivity contribution is 0.184. The Morgan fingerprint density at radius 3 is 2.31 bits per heavy atom. The van der Waals surface area contributed by atoms with Gasteiger partial charge in [-0.25, -0.2) is 13.4 Å². The van der Waals surface area contributed by atoms with Crippen molar-refractivity contribution >= 4 is 33.1 Å². The highest BCUT2D eigenvalue weighted by Crippen LogP contribution is 2.27. The number of hydrogen-bond donors (Lipinski definition) is 2. The topological polar surface area (TPSA) is 103 Å². The molecule has 1 aromatic heterocycles. The maximum Gasteiger partial charge on any atom is 0.243 e. The monoisotopic (exact) mass is 527 g/mol. The molecule has 0 saturated carbocycles. The van der Waals surface area contributed by atoms with E-state index in [0.29, 0.717) is 44.3 Å². The van der Waals surface area contributed by atoms with E-state index in [9.17, 15) is 13.5 Å². The summed E-state index contributed by atoms with van der Waals surface area (Å²) in [4.78, 5) is 8.60. The molecule has 2 aliphatic rings. The number of rotatable bonds is 6. The molecular formula is C26H30ClN5O3S. The summed E-state index contributed by atoms with van der Waals surface area (Å²) in [5.41, 5.74) is 8.95. The molecule has 2 saturated heterocycles. The highest BCUT2D eigenvalue weighted by atomic mass is 35.5. The first-order valence-electron chi connectivity index (χ1n) is 12.1. The number of hydrogen-bond acceptors (Lipinski definition) is 7. The second kappa shape index (κ2) is 10.4. The molecular weight excluding hydrogens is 498 g/mol. The van der Waals surface area contributed by atoms with E-state index in [1.54, 1.807) is 29.2 Å². The fourth-order valence-corrected chi connectivity index (χ4v) is 6.52. The lowest BCUT2D eigenvalue weighted by Gasteiger charge is -2.35. The van der Waals surface area contributed by atoms with Gasteiger partial charge in [-0.2, -0.15) is 4.31 Å². The first kappa shape index (κ1) is 25.0. The van der Waals surface area contributed by atoms with Crippen LogP contribution in [0.4, 0.5) is 11.5 Å². The van der Waals surface area contributed by atoms with Crippen LogP contribution in [0.25, 0.3) is 0 Å². The van der Waals surface area contributed by atoms with Crippen LogP contribution in [0.1, 0.15) is 17.5 Å². The van der Waals surface area contributed by atoms with Crippen molar-refractivity contribution in [3.63, 3.8) is 0 Å². The zero-order chi connectivity index (χ0) is 25.3. The van der Waals surface area contributed by atoms with Gasteiger partial charge in [0.25, 0.3) is 0 Å². The molecule has 8 nitrogen and oxygen atoms in total. The zero-order valence-corrected chi connectivity index (χ0v) is 21.4. The van der Waals surface area contributed by atoms with Gasteiger partial charge in [0.2, 0.25) is 10.0 Å². The number of anilines is 2. The smallest absolute Gasteiger partial charge is 0.243 e. The van der Waals surface area contributed by atoms with E-state index >= 15 is 0 Å². The SMILES string of the molecule is NC1CC(O)N(c2ccc(S(=O)(=O)N3CCN(c4cc(Cc5ccccc5)cc(Cl)n4)CC3)cc2)C1. The van der Waals surface area contributed by atoms with Crippen LogP contribution in [0.5, 0.6) is 0 Å². The van der Waals surface area contributed by atoms with Gasteiger partial charge in [0.05, 0.1) is 4.90 Å². The molecule has 2 aromatic carbocycles. The van der Waals surface area contributed by atoms with Gasteiger partial charge in [0.1, 0.15) is 17.2 Å². The highest BCUT2D eigenvalue weighted by molar-refractivity contribution is 7.89. The molecule has 2 aliphatic heterocycles. The first-order valence-corrected chi connectivity index (χ1v) is 13.9. The van der Waals surface area contributed by atoms with E-state index < -0.39 is 16.3 Å². The molecule has 36 heavy (non-hydrogen) atoms. The molecule has 5 rings (SSSR count). The fourth-order valence-electron chi connectivity index (χ4n) is 4.87. The Balaban J connectivity index is 1.25. The van der Waals surface area contributed by atoms with E-state index in [2.05, 4.69) is 22.0 Å². The van der Waals surface area contributed by atoms with Crippen molar-refractivity contribution in [1.82, 2.24) is 9.29 Å². The number of aliphatic hydroxyl groups excluding tert-OH is 1. The molecule has 190 valence electrons. The van der Waals surface area contributed by atoms with E-state index in [4.69, 9.17) is 17.3 Å². The van der Waals surface area contributed by atoms with Crippen molar-refractivity contribution in [1.29, 1.82) is 0 Å². The summed E-state index contributed by atoms with van der Waals surface area (Å²) in [6, 6.07) is 20.6. The van der Waals surface area contributed by atoms with E-state index in [1.165, 1.54) is 9.87 Å². The lowest BCUT2D eigenvalue weighted by Crippen LogP contribution is -2.49. The molecule has 3 aromatic rings. The lowest BCUT2D eigenvalue weighted by atomic mass is 10.1. The number of nitrogens with two attached hydrogens (primary N) is 1. The predicted octanol–water partition coefficient (Wildman–Crippen LogP) is 2.69. The number of benzene rings is 2. The van der Waals surface area contributed by atoms with Crippen LogP contribution in [0.2, 0.25) is 5.15 Å². The molecule has 0 amide bonds. The third-order valence-corrected chi connectivity index (χ3v) is 8.87. The number of halogens is 1. The molecule has 0 spiro atoms. The Kier molecular flexibility index (Phi) is 7.18. The Morgan fingerprint density at radius 2 is 1.67 bits per heavy atom. The largest absolute Gasteiger partial charge is 0.374 e. The molecule has 0 radical (unpaired) electrons. The Labute approximate surface area is 217 Å². The summed E-state index contributed by atoms with van der Waals surface area (Å²) in [7, 11) is -3.63. The van der Waals surface area contributed by atoms with Crippen molar-refractivity contribution < 1.29 is 13.5 Å². The number of nitrogens with zero attached hydrogens (tertiary/aromatic N) is 4. The van der Waals surface area contributed by atoms with E-state index in [0.717, 1.165) is 23.5 Å². The van der Waals surface area contributed by atoms with E-state index in [-0.39, 0.29) is 10.9 Å². The number of piperazine rings is 1. The molecule has 3 heterocycles. The van der Waals surface area contributed by atoms with Crippen molar-refractivity contribution in [3.8, 4) is 0 Å². The van der Waals surface area contributed by atoms with Crippen molar-refractivity contribution in [3.05, 3.63) is 83.0 Å². The van der Waals surface area contributed by atoms with Crippen LogP contribution >= 0.6 is 11.6 Å². The van der Waals surface area contributed by atoms with Crippen molar-refractivity contribution in [2.24, 2.45) is 5.73 Å². The van der Waals surface area contributed by atoms with Crippen LogP contribution < -0.4 is 15.5 Å². The second-order valence-corrected chi connectivity index (χ2v) is 11.7. The Morgan fingerprint density at radius 1 is 0.972 bits per heavy atom. The maximum absolute atomic E-state index is 13.3. The minimum atomic E-state index is -3.63. The average molecular weight is 528 g/mol. The predicted molar refractivity (Wildman–Crippen MR) is 142 cm³/mol. The van der Waals surface area contributed by atoms with Gasteiger partial charge in [0.15, 0.2) is 0 Å². The van der Waals surface area contributed by atoms with Crippen molar-refractivity contribution in [2.75, 3.05) is 42.5 Å². The number of aliphatic hydroxyl groups is 1. The molecule has 0 bridgehead atoms. The molecule has 10 heteroatoms. The van der Waals surface area contributed by atoms with Crippen LogP contribution in [-0.4, -0.2) is 67.8 Å². The van der Waals surface area contributed by atoms with Crippen molar-refractivity contribution in [2.45, 2.75) is 30.0 Å². The summed E-state index contributed by atoms with van der Waals surface area (Å²) < 4.78 is 28.1. The normalized spacial score (nSPS) is 21.2. The molecule has 2 atom stereocenters. The van der Waals surface area contributed by atoms with Gasteiger partial charge in [-0.15, -0.1) is 0 Å². The Bertz CT molecular complexity index is 1300. The number of sulfonamides is 1. The quantitative estimate of drug-likeness (QED) is 0.475. The molecule has 3 N–H and O–H groups in total. The van der Waals surface area contributed by atoms with Crippen LogP contribution in [0.15, 0.2) is 71.6 Å². The second-order valence-electron chi connectivity index (χ2n) is 9.33. The van der Waals surface area contributed by atoms with E-state index in [1.807, 2.05) is 30.3 Å². The third kappa shape index (κ3) is 5.35. The van der Waals surface area contributed by atoms with Crippen LogP contribution in [0.3, 0.4) is 0 Å². The first-order chi connectivity index (χ1) is 17.3. The summed E-state index contributed by atoms with van der Waals surface area (Å²) in [6.07, 6.45) is 0.601. The Hall–Kier alpha value is -2.69. The van der Waals surface area contributed by atoms with Gasteiger partial charge in [-0.1, -0.05) is 41.9 Å². The summed E-state index contributed by atoms with van der Waals surface area (Å²) in [5, 5.41) is 10.6. The van der Waals surface area contributed by atoms with Gasteiger partial charge >= 0.3 is 0 Å². The fraction of sp³-hybridized carbons (Fsp3) is 0.346.